The van der Waals surface area contributed by atoms with Crippen LogP contribution in [0.2, 0.25) is 0 Å². The zero-order valence-corrected chi connectivity index (χ0v) is 14.6. The second kappa shape index (κ2) is 7.98. The van der Waals surface area contributed by atoms with Gasteiger partial charge in [0.25, 0.3) is 11.4 Å². The maximum Gasteiger partial charge on any atom is 0.280 e. The van der Waals surface area contributed by atoms with Gasteiger partial charge in [-0.15, -0.1) is 0 Å². The van der Waals surface area contributed by atoms with Crippen molar-refractivity contribution in [3.63, 3.8) is 0 Å². The number of Topliss-reactive ketones (excluding diaryl/α,β-unsaturated/α-hetero) is 1. The molecule has 3 rings (SSSR count). The number of nitriles is 1. The molecule has 0 radical (unpaired) electrons. The lowest BCUT2D eigenvalue weighted by atomic mass is 10.0. The number of nitrogens with zero attached hydrogens (tertiary/aromatic N) is 3. The van der Waals surface area contributed by atoms with Crippen molar-refractivity contribution in [2.24, 2.45) is 0 Å². The van der Waals surface area contributed by atoms with Gasteiger partial charge in [0.05, 0.1) is 15.4 Å². The lowest BCUT2D eigenvalue weighted by Crippen LogP contribution is -2.02. The molecule has 0 atom stereocenters. The minimum Gasteiger partial charge on any atom is -0.456 e. The van der Waals surface area contributed by atoms with Gasteiger partial charge < -0.3 is 4.42 Å². The van der Waals surface area contributed by atoms with E-state index in [9.17, 15) is 30.3 Å². The fourth-order valence-electron chi connectivity index (χ4n) is 2.62. The second-order valence-electron chi connectivity index (χ2n) is 5.78. The van der Waals surface area contributed by atoms with Crippen molar-refractivity contribution < 1.29 is 19.1 Å². The molecule has 29 heavy (non-hydrogen) atoms. The van der Waals surface area contributed by atoms with Crippen molar-refractivity contribution >= 4 is 23.2 Å². The number of nitro groups is 2. The number of allylic oxidation sites excluding steroid dienone is 1. The highest BCUT2D eigenvalue weighted by Crippen LogP contribution is 2.31. The quantitative estimate of drug-likeness (QED) is 0.198. The molecular formula is C20H11N3O6. The van der Waals surface area contributed by atoms with E-state index in [1.165, 1.54) is 54.6 Å². The first kappa shape index (κ1) is 19.2. The molecule has 0 N–H and O–H groups in total. The largest absolute Gasteiger partial charge is 0.456 e. The number of hydrogen-bond donors (Lipinski definition) is 0. The molecule has 9 heteroatoms. The van der Waals surface area contributed by atoms with Crippen LogP contribution in [-0.2, 0) is 0 Å². The number of furan rings is 1. The van der Waals surface area contributed by atoms with Crippen LogP contribution in [0, 0.1) is 31.6 Å². The SMILES string of the molecule is N#C/C(=C\c1ccc(-c2ccccc2[N+](=O)[O-])o1)C(=O)c1cccc([N+](=O)[O-])c1. The zero-order valence-electron chi connectivity index (χ0n) is 14.6. The maximum atomic E-state index is 12.5. The topological polar surface area (TPSA) is 140 Å². The van der Waals surface area contributed by atoms with E-state index in [1.807, 2.05) is 0 Å². The van der Waals surface area contributed by atoms with Crippen molar-refractivity contribution in [2.75, 3.05) is 0 Å². The van der Waals surface area contributed by atoms with Crippen LogP contribution < -0.4 is 0 Å². The number of rotatable bonds is 6. The summed E-state index contributed by atoms with van der Waals surface area (Å²) in [7, 11) is 0. The van der Waals surface area contributed by atoms with E-state index in [4.69, 9.17) is 4.42 Å². The number of hydrogen-bond acceptors (Lipinski definition) is 7. The van der Waals surface area contributed by atoms with E-state index in [1.54, 1.807) is 12.1 Å². The molecule has 0 saturated carbocycles. The van der Waals surface area contributed by atoms with Gasteiger partial charge in [-0.3, -0.25) is 25.0 Å². The maximum absolute atomic E-state index is 12.5. The minimum absolute atomic E-state index is 0.0162. The number of carbonyl (C=O) groups excluding carboxylic acids is 1. The Morgan fingerprint density at radius 3 is 2.45 bits per heavy atom. The number of ketones is 1. The van der Waals surface area contributed by atoms with Gasteiger partial charge in [-0.05, 0) is 18.2 Å². The molecule has 0 bridgehead atoms. The van der Waals surface area contributed by atoms with E-state index < -0.39 is 15.6 Å². The lowest BCUT2D eigenvalue weighted by Gasteiger charge is -2.00. The van der Waals surface area contributed by atoms with E-state index in [0.717, 1.165) is 6.07 Å². The Labute approximate surface area is 163 Å². The predicted octanol–water partition coefficient (Wildman–Crippen LogP) is 4.55. The zero-order chi connectivity index (χ0) is 21.0. The van der Waals surface area contributed by atoms with Crippen molar-refractivity contribution in [2.45, 2.75) is 0 Å². The average molecular weight is 389 g/mol. The summed E-state index contributed by atoms with van der Waals surface area (Å²) in [6, 6.07) is 15.7. The molecule has 0 fully saturated rings. The number of nitro benzene ring substituents is 2. The third-order valence-corrected chi connectivity index (χ3v) is 3.96. The van der Waals surface area contributed by atoms with E-state index >= 15 is 0 Å². The molecule has 1 aromatic heterocycles. The summed E-state index contributed by atoms with van der Waals surface area (Å²) in [4.78, 5) is 33.4. The van der Waals surface area contributed by atoms with Gasteiger partial charge in [0.15, 0.2) is 0 Å². The van der Waals surface area contributed by atoms with Crippen LogP contribution in [0.4, 0.5) is 11.4 Å². The van der Waals surface area contributed by atoms with Crippen LogP contribution in [0.5, 0.6) is 0 Å². The first-order valence-corrected chi connectivity index (χ1v) is 8.15. The van der Waals surface area contributed by atoms with Crippen molar-refractivity contribution in [1.29, 1.82) is 5.26 Å². The summed E-state index contributed by atoms with van der Waals surface area (Å²) >= 11 is 0. The third kappa shape index (κ3) is 4.06. The Balaban J connectivity index is 1.95. The Morgan fingerprint density at radius 2 is 1.76 bits per heavy atom. The number of para-hydroxylation sites is 1. The Bertz CT molecular complexity index is 1200. The first-order valence-electron chi connectivity index (χ1n) is 8.15. The summed E-state index contributed by atoms with van der Waals surface area (Å²) < 4.78 is 5.55. The highest BCUT2D eigenvalue weighted by molar-refractivity contribution is 6.14. The molecule has 0 aliphatic rings. The summed E-state index contributed by atoms with van der Waals surface area (Å²) in [5.74, 6) is -0.378. The molecule has 3 aromatic rings. The van der Waals surface area contributed by atoms with Gasteiger partial charge in [-0.2, -0.15) is 5.26 Å². The summed E-state index contributed by atoms with van der Waals surface area (Å²) in [5.41, 5.74) is -0.484. The molecule has 1 heterocycles. The first-order chi connectivity index (χ1) is 13.9. The van der Waals surface area contributed by atoms with Crippen LogP contribution in [0.25, 0.3) is 17.4 Å². The fourth-order valence-corrected chi connectivity index (χ4v) is 2.62. The highest BCUT2D eigenvalue weighted by atomic mass is 16.6. The molecule has 2 aromatic carbocycles. The smallest absolute Gasteiger partial charge is 0.280 e. The van der Waals surface area contributed by atoms with Gasteiger partial charge in [-0.25, -0.2) is 0 Å². The molecule has 0 amide bonds. The standard InChI is InChI=1S/C20H11N3O6/c21-12-14(20(24)13-4-3-5-15(10-13)22(25)26)11-16-8-9-19(29-16)17-6-1-2-7-18(17)23(27)28/h1-11H/b14-11+. The van der Waals surface area contributed by atoms with E-state index in [0.29, 0.717) is 0 Å². The Hall–Kier alpha value is -4.58. The third-order valence-electron chi connectivity index (χ3n) is 3.96. The molecule has 0 aliphatic carbocycles. The van der Waals surface area contributed by atoms with Crippen LogP contribution in [0.1, 0.15) is 16.1 Å². The Morgan fingerprint density at radius 1 is 1.00 bits per heavy atom. The summed E-state index contributed by atoms with van der Waals surface area (Å²) in [6.07, 6.45) is 1.18. The summed E-state index contributed by atoms with van der Waals surface area (Å²) in [6.45, 7) is 0. The van der Waals surface area contributed by atoms with E-state index in [2.05, 4.69) is 0 Å². The second-order valence-corrected chi connectivity index (χ2v) is 5.78. The van der Waals surface area contributed by atoms with Gasteiger partial charge in [0, 0.05) is 29.8 Å². The highest BCUT2D eigenvalue weighted by Gasteiger charge is 2.19. The molecule has 142 valence electrons. The van der Waals surface area contributed by atoms with E-state index in [-0.39, 0.29) is 39.6 Å². The number of non-ortho nitro benzene ring substituents is 1. The van der Waals surface area contributed by atoms with Gasteiger partial charge >= 0.3 is 0 Å². The van der Waals surface area contributed by atoms with Crippen molar-refractivity contribution in [1.82, 2.24) is 0 Å². The van der Waals surface area contributed by atoms with Gasteiger partial charge in [-0.1, -0.05) is 24.3 Å². The normalized spacial score (nSPS) is 10.9. The molecule has 0 spiro atoms. The number of benzene rings is 2. The molecule has 0 saturated heterocycles. The minimum atomic E-state index is -0.708. The van der Waals surface area contributed by atoms with Crippen LogP contribution in [0.3, 0.4) is 0 Å². The fraction of sp³-hybridized carbons (Fsp3) is 0. The lowest BCUT2D eigenvalue weighted by molar-refractivity contribution is -0.384. The van der Waals surface area contributed by atoms with Crippen molar-refractivity contribution in [3.8, 4) is 17.4 Å². The molecular weight excluding hydrogens is 378 g/mol. The predicted molar refractivity (Wildman–Crippen MR) is 102 cm³/mol. The van der Waals surface area contributed by atoms with Crippen molar-refractivity contribution in [3.05, 3.63) is 97.8 Å². The molecule has 9 nitrogen and oxygen atoms in total. The molecule has 0 unspecified atom stereocenters. The Kier molecular flexibility index (Phi) is 5.28. The van der Waals surface area contributed by atoms with Crippen LogP contribution >= 0.6 is 0 Å². The average Bonchev–Trinajstić information content (AvgIpc) is 3.20. The summed E-state index contributed by atoms with van der Waals surface area (Å²) in [5, 5.41) is 31.4. The number of carbonyl (C=O) groups is 1. The van der Waals surface area contributed by atoms with Crippen LogP contribution in [-0.4, -0.2) is 15.6 Å². The monoisotopic (exact) mass is 389 g/mol. The van der Waals surface area contributed by atoms with Gasteiger partial charge in [0.1, 0.15) is 23.2 Å². The molecule has 0 aliphatic heterocycles. The van der Waals surface area contributed by atoms with Gasteiger partial charge in [0.2, 0.25) is 5.78 Å². The van der Waals surface area contributed by atoms with Crippen LogP contribution in [0.15, 0.2) is 70.7 Å².